The predicted molar refractivity (Wildman–Crippen MR) is 105 cm³/mol. The molecule has 1 aromatic rings. The monoisotopic (exact) mass is 433 g/mol. The molecule has 1 aliphatic rings. The van der Waals surface area contributed by atoms with Crippen molar-refractivity contribution in [2.45, 2.75) is 32.8 Å². The highest BCUT2D eigenvalue weighted by Gasteiger charge is 2.17. The molecule has 0 aliphatic carbocycles. The van der Waals surface area contributed by atoms with E-state index in [-0.39, 0.29) is 30.1 Å². The SMILES string of the molecule is COc1ccc(OC(C)CN=C(N)N2CCC(C)CC2)cc1.I. The Hall–Kier alpha value is -1.18. The zero-order chi connectivity index (χ0) is 15.9. The molecule has 5 nitrogen and oxygen atoms in total. The third kappa shape index (κ3) is 6.45. The smallest absolute Gasteiger partial charge is 0.191 e. The maximum atomic E-state index is 6.08. The third-order valence-electron chi connectivity index (χ3n) is 4.01. The number of aliphatic imine (C=N–C) groups is 1. The Morgan fingerprint density at radius 3 is 2.39 bits per heavy atom. The van der Waals surface area contributed by atoms with E-state index in [1.165, 1.54) is 12.8 Å². The van der Waals surface area contributed by atoms with E-state index < -0.39 is 0 Å². The van der Waals surface area contributed by atoms with E-state index in [9.17, 15) is 0 Å². The largest absolute Gasteiger partial charge is 0.497 e. The van der Waals surface area contributed by atoms with Crippen LogP contribution in [0.15, 0.2) is 29.3 Å². The van der Waals surface area contributed by atoms with Gasteiger partial charge in [0.1, 0.15) is 17.6 Å². The molecule has 23 heavy (non-hydrogen) atoms. The molecule has 1 aromatic carbocycles. The summed E-state index contributed by atoms with van der Waals surface area (Å²) in [5, 5.41) is 0. The van der Waals surface area contributed by atoms with Crippen molar-refractivity contribution in [3.63, 3.8) is 0 Å². The maximum absolute atomic E-state index is 6.08. The average Bonchev–Trinajstić information content (AvgIpc) is 2.54. The van der Waals surface area contributed by atoms with Crippen LogP contribution in [0.2, 0.25) is 0 Å². The number of methoxy groups -OCH3 is 1. The van der Waals surface area contributed by atoms with Crippen LogP contribution < -0.4 is 15.2 Å². The molecule has 1 heterocycles. The molecule has 0 aromatic heterocycles. The van der Waals surface area contributed by atoms with Crippen LogP contribution in [0.1, 0.15) is 26.7 Å². The first-order chi connectivity index (χ1) is 10.6. The van der Waals surface area contributed by atoms with Gasteiger partial charge in [-0.2, -0.15) is 0 Å². The molecule has 1 atom stereocenters. The lowest BCUT2D eigenvalue weighted by atomic mass is 10.00. The molecule has 1 saturated heterocycles. The summed E-state index contributed by atoms with van der Waals surface area (Å²) >= 11 is 0. The molecule has 0 amide bonds. The number of guanidine groups is 1. The van der Waals surface area contributed by atoms with Gasteiger partial charge in [-0.15, -0.1) is 24.0 Å². The number of hydrogen-bond donors (Lipinski definition) is 1. The first-order valence-corrected chi connectivity index (χ1v) is 7.94. The van der Waals surface area contributed by atoms with Gasteiger partial charge in [-0.25, -0.2) is 4.99 Å². The number of rotatable bonds is 5. The highest BCUT2D eigenvalue weighted by molar-refractivity contribution is 14.0. The van der Waals surface area contributed by atoms with Crippen LogP contribution in [0.25, 0.3) is 0 Å². The van der Waals surface area contributed by atoms with E-state index in [4.69, 9.17) is 15.2 Å². The van der Waals surface area contributed by atoms with E-state index in [1.54, 1.807) is 7.11 Å². The molecule has 1 fully saturated rings. The number of nitrogens with two attached hydrogens (primary N) is 1. The van der Waals surface area contributed by atoms with E-state index >= 15 is 0 Å². The quantitative estimate of drug-likeness (QED) is 0.441. The highest BCUT2D eigenvalue weighted by Crippen LogP contribution is 2.18. The topological polar surface area (TPSA) is 60.1 Å². The lowest BCUT2D eigenvalue weighted by Crippen LogP contribution is -2.43. The number of likely N-dealkylation sites (tertiary alicyclic amines) is 1. The van der Waals surface area contributed by atoms with Crippen LogP contribution in [-0.2, 0) is 0 Å². The summed E-state index contributed by atoms with van der Waals surface area (Å²) in [5.74, 6) is 3.06. The molecule has 0 saturated carbocycles. The number of ether oxygens (including phenoxy) is 2. The fourth-order valence-electron chi connectivity index (χ4n) is 2.48. The molecule has 2 rings (SSSR count). The number of nitrogens with zero attached hydrogens (tertiary/aromatic N) is 2. The predicted octanol–water partition coefficient (Wildman–Crippen LogP) is 3.13. The van der Waals surface area contributed by atoms with Crippen LogP contribution in [0.5, 0.6) is 11.5 Å². The standard InChI is InChI=1S/C17H27N3O2.HI/c1-13-8-10-20(11-9-13)17(18)19-12-14(2)22-16-6-4-15(21-3)5-7-16;/h4-7,13-14H,8-12H2,1-3H3,(H2,18,19);1H. The van der Waals surface area contributed by atoms with Gasteiger partial charge >= 0.3 is 0 Å². The normalized spacial score (nSPS) is 17.3. The Morgan fingerprint density at radius 1 is 1.26 bits per heavy atom. The summed E-state index contributed by atoms with van der Waals surface area (Å²) in [6.07, 6.45) is 2.36. The molecule has 130 valence electrons. The van der Waals surface area contributed by atoms with E-state index in [2.05, 4.69) is 16.8 Å². The van der Waals surface area contributed by atoms with Crippen LogP contribution in [-0.4, -0.2) is 43.7 Å². The van der Waals surface area contributed by atoms with Crippen molar-refractivity contribution in [3.05, 3.63) is 24.3 Å². The van der Waals surface area contributed by atoms with Gasteiger partial charge in [0.2, 0.25) is 0 Å². The molecule has 2 N–H and O–H groups in total. The summed E-state index contributed by atoms with van der Waals surface area (Å²) in [4.78, 5) is 6.64. The van der Waals surface area contributed by atoms with Gasteiger partial charge in [-0.05, 0) is 49.9 Å². The third-order valence-corrected chi connectivity index (χ3v) is 4.01. The van der Waals surface area contributed by atoms with Gasteiger partial charge in [0.15, 0.2) is 5.96 Å². The minimum atomic E-state index is -0.0179. The fourth-order valence-corrected chi connectivity index (χ4v) is 2.48. The molecule has 0 spiro atoms. The Morgan fingerprint density at radius 2 is 1.83 bits per heavy atom. The Bertz CT molecular complexity index is 485. The molecule has 1 unspecified atom stereocenters. The highest BCUT2D eigenvalue weighted by atomic mass is 127. The number of hydrogen-bond acceptors (Lipinski definition) is 3. The lowest BCUT2D eigenvalue weighted by molar-refractivity contribution is 0.228. The molecular weight excluding hydrogens is 405 g/mol. The summed E-state index contributed by atoms with van der Waals surface area (Å²) in [6, 6.07) is 7.56. The number of piperidine rings is 1. The first kappa shape index (κ1) is 19.9. The Kier molecular flexibility index (Phi) is 8.51. The van der Waals surface area contributed by atoms with Gasteiger partial charge in [-0.3, -0.25) is 0 Å². The number of benzene rings is 1. The maximum Gasteiger partial charge on any atom is 0.191 e. The van der Waals surface area contributed by atoms with Crippen LogP contribution in [0, 0.1) is 5.92 Å². The molecule has 1 aliphatic heterocycles. The minimum absolute atomic E-state index is 0. The number of halogens is 1. The summed E-state index contributed by atoms with van der Waals surface area (Å²) < 4.78 is 11.0. The van der Waals surface area contributed by atoms with Gasteiger partial charge in [0.05, 0.1) is 13.7 Å². The minimum Gasteiger partial charge on any atom is -0.497 e. The summed E-state index contributed by atoms with van der Waals surface area (Å²) in [5.41, 5.74) is 6.08. The van der Waals surface area contributed by atoms with Crippen molar-refractivity contribution in [1.82, 2.24) is 4.90 Å². The summed E-state index contributed by atoms with van der Waals surface area (Å²) in [6.45, 7) is 6.85. The van der Waals surface area contributed by atoms with Crippen LogP contribution >= 0.6 is 24.0 Å². The van der Waals surface area contributed by atoms with Gasteiger partial charge in [-0.1, -0.05) is 6.92 Å². The Labute approximate surface area is 156 Å². The zero-order valence-corrected chi connectivity index (χ0v) is 16.5. The van der Waals surface area contributed by atoms with Crippen molar-refractivity contribution in [3.8, 4) is 11.5 Å². The second-order valence-electron chi connectivity index (χ2n) is 5.97. The Balaban J connectivity index is 0.00000264. The average molecular weight is 433 g/mol. The first-order valence-electron chi connectivity index (χ1n) is 7.94. The van der Waals surface area contributed by atoms with Crippen LogP contribution in [0.4, 0.5) is 0 Å². The van der Waals surface area contributed by atoms with E-state index in [1.807, 2.05) is 31.2 Å². The van der Waals surface area contributed by atoms with Gasteiger partial charge in [0.25, 0.3) is 0 Å². The van der Waals surface area contributed by atoms with Crippen molar-refractivity contribution < 1.29 is 9.47 Å². The molecule has 0 radical (unpaired) electrons. The van der Waals surface area contributed by atoms with Crippen molar-refractivity contribution in [1.29, 1.82) is 0 Å². The molecule has 6 heteroatoms. The fraction of sp³-hybridized carbons (Fsp3) is 0.588. The van der Waals surface area contributed by atoms with Crippen molar-refractivity contribution >= 4 is 29.9 Å². The molecular formula is C17H28IN3O2. The lowest BCUT2D eigenvalue weighted by Gasteiger charge is -2.31. The van der Waals surface area contributed by atoms with Gasteiger partial charge < -0.3 is 20.1 Å². The van der Waals surface area contributed by atoms with E-state index in [0.29, 0.717) is 12.5 Å². The van der Waals surface area contributed by atoms with Crippen molar-refractivity contribution in [2.75, 3.05) is 26.7 Å². The summed E-state index contributed by atoms with van der Waals surface area (Å²) in [7, 11) is 1.65. The van der Waals surface area contributed by atoms with E-state index in [0.717, 1.165) is 30.5 Å². The van der Waals surface area contributed by atoms with Gasteiger partial charge in [0, 0.05) is 13.1 Å². The second kappa shape index (κ2) is 9.85. The van der Waals surface area contributed by atoms with Crippen molar-refractivity contribution in [2.24, 2.45) is 16.6 Å². The second-order valence-corrected chi connectivity index (χ2v) is 5.97. The zero-order valence-electron chi connectivity index (χ0n) is 14.2. The van der Waals surface area contributed by atoms with Crippen LogP contribution in [0.3, 0.4) is 0 Å². The molecule has 0 bridgehead atoms.